The van der Waals surface area contributed by atoms with Crippen molar-refractivity contribution in [1.82, 2.24) is 4.72 Å². The van der Waals surface area contributed by atoms with Crippen molar-refractivity contribution < 1.29 is 27.1 Å². The lowest BCUT2D eigenvalue weighted by Crippen LogP contribution is -2.23. The van der Waals surface area contributed by atoms with Gasteiger partial charge in [-0.2, -0.15) is 0 Å². The highest BCUT2D eigenvalue weighted by Crippen LogP contribution is 2.40. The lowest BCUT2D eigenvalue weighted by molar-refractivity contribution is -0.111. The number of fused-ring (bicyclic) bond motifs is 1. The Hall–Kier alpha value is -3.27. The summed E-state index contributed by atoms with van der Waals surface area (Å²) in [5.41, 5.74) is 0.988. The molecule has 0 saturated carbocycles. The van der Waals surface area contributed by atoms with Crippen LogP contribution in [0, 0.1) is 0 Å². The number of rotatable bonds is 7. The number of carbonyl (C=O) groups is 1. The molecule has 0 spiro atoms. The van der Waals surface area contributed by atoms with Gasteiger partial charge in [0, 0.05) is 11.8 Å². The molecule has 1 amide bonds. The van der Waals surface area contributed by atoms with Crippen LogP contribution in [0.25, 0.3) is 6.08 Å². The molecule has 0 radical (unpaired) electrons. The highest BCUT2D eigenvalue weighted by molar-refractivity contribution is 7.89. The topological polar surface area (TPSA) is 107 Å². The van der Waals surface area contributed by atoms with Crippen LogP contribution in [0.4, 0.5) is 5.69 Å². The highest BCUT2D eigenvalue weighted by atomic mass is 35.5. The number of ether oxygens (including phenoxy) is 2. The fraction of sp³-hybridized carbons (Fsp3) is 0.0952. The summed E-state index contributed by atoms with van der Waals surface area (Å²) in [6, 6.07) is 12.6. The average molecular weight is 461 g/mol. The van der Waals surface area contributed by atoms with Gasteiger partial charge in [0.15, 0.2) is 11.5 Å². The minimum atomic E-state index is -3.78. The fourth-order valence-electron chi connectivity index (χ4n) is 2.84. The van der Waals surface area contributed by atoms with Crippen molar-refractivity contribution in [3.8, 4) is 11.5 Å². The number of sulfonamides is 1. The number of hydrogen-bond donors (Lipinski definition) is 2. The number of furan rings is 1. The third-order valence-electron chi connectivity index (χ3n) is 4.31. The first-order valence-electron chi connectivity index (χ1n) is 9.11. The van der Waals surface area contributed by atoms with E-state index in [4.69, 9.17) is 25.5 Å². The molecule has 0 aliphatic carbocycles. The smallest absolute Gasteiger partial charge is 0.248 e. The van der Waals surface area contributed by atoms with Crippen LogP contribution in [0.5, 0.6) is 11.5 Å². The second-order valence-electron chi connectivity index (χ2n) is 6.49. The third kappa shape index (κ3) is 5.08. The van der Waals surface area contributed by atoms with Crippen molar-refractivity contribution >= 4 is 39.3 Å². The maximum absolute atomic E-state index is 12.5. The van der Waals surface area contributed by atoms with Crippen LogP contribution >= 0.6 is 11.6 Å². The van der Waals surface area contributed by atoms with E-state index in [2.05, 4.69) is 10.0 Å². The maximum Gasteiger partial charge on any atom is 0.248 e. The number of carbonyl (C=O) groups excluding carboxylic acids is 1. The molecule has 31 heavy (non-hydrogen) atoms. The predicted octanol–water partition coefficient (Wildman–Crippen LogP) is 3.79. The summed E-state index contributed by atoms with van der Waals surface area (Å²) in [7, 11) is -3.78. The van der Waals surface area contributed by atoms with Crippen LogP contribution in [0.1, 0.15) is 11.3 Å². The van der Waals surface area contributed by atoms with Gasteiger partial charge in [-0.25, -0.2) is 13.1 Å². The molecule has 2 aromatic carbocycles. The number of amides is 1. The number of halogens is 1. The van der Waals surface area contributed by atoms with Crippen LogP contribution in [-0.2, 0) is 21.4 Å². The Kier molecular flexibility index (Phi) is 5.99. The molecule has 3 aromatic rings. The van der Waals surface area contributed by atoms with Gasteiger partial charge in [0.2, 0.25) is 22.7 Å². The minimum absolute atomic E-state index is 0.0170. The van der Waals surface area contributed by atoms with Crippen LogP contribution in [0.2, 0.25) is 5.02 Å². The molecule has 0 unspecified atom stereocenters. The Bertz CT molecular complexity index is 1240. The Morgan fingerprint density at radius 3 is 2.81 bits per heavy atom. The van der Waals surface area contributed by atoms with E-state index in [9.17, 15) is 13.2 Å². The van der Waals surface area contributed by atoms with E-state index in [0.717, 1.165) is 0 Å². The normalized spacial score (nSPS) is 12.9. The van der Waals surface area contributed by atoms with Crippen molar-refractivity contribution in [1.29, 1.82) is 0 Å². The zero-order chi connectivity index (χ0) is 21.8. The molecule has 8 nitrogen and oxygen atoms in total. The van der Waals surface area contributed by atoms with E-state index < -0.39 is 15.9 Å². The van der Waals surface area contributed by atoms with Crippen LogP contribution < -0.4 is 19.5 Å². The van der Waals surface area contributed by atoms with Crippen molar-refractivity contribution in [3.63, 3.8) is 0 Å². The quantitative estimate of drug-likeness (QED) is 0.519. The van der Waals surface area contributed by atoms with E-state index in [-0.39, 0.29) is 18.2 Å². The molecule has 1 aliphatic rings. The molecule has 0 bridgehead atoms. The maximum atomic E-state index is 12.5. The number of benzene rings is 2. The van der Waals surface area contributed by atoms with Crippen molar-refractivity contribution in [2.75, 3.05) is 12.1 Å². The standard InChI is InChI=1S/C21H17ClN2O6S/c22-18-9-14(10-19-21(18)30-13-29-19)6-7-20(25)24-15-3-1-5-17(11-15)31(26,27)23-12-16-4-2-8-28-16/h1-11,23H,12-13H2,(H,24,25)/b7-6+. The molecule has 160 valence electrons. The second kappa shape index (κ2) is 8.84. The average Bonchev–Trinajstić information content (AvgIpc) is 3.43. The summed E-state index contributed by atoms with van der Waals surface area (Å²) in [6.07, 6.45) is 4.34. The van der Waals surface area contributed by atoms with Crippen molar-refractivity contribution in [3.05, 3.63) is 77.2 Å². The van der Waals surface area contributed by atoms with Gasteiger partial charge in [-0.05, 0) is 54.1 Å². The van der Waals surface area contributed by atoms with E-state index in [1.54, 1.807) is 42.5 Å². The first kappa shape index (κ1) is 21.0. The van der Waals surface area contributed by atoms with Crippen LogP contribution in [-0.4, -0.2) is 21.1 Å². The molecular formula is C21H17ClN2O6S. The van der Waals surface area contributed by atoms with Gasteiger partial charge >= 0.3 is 0 Å². The van der Waals surface area contributed by atoms with E-state index in [0.29, 0.717) is 33.5 Å². The molecule has 1 aliphatic heterocycles. The first-order valence-corrected chi connectivity index (χ1v) is 11.0. The molecule has 4 rings (SSSR count). The van der Waals surface area contributed by atoms with Gasteiger partial charge in [0.25, 0.3) is 0 Å². The van der Waals surface area contributed by atoms with Crippen molar-refractivity contribution in [2.45, 2.75) is 11.4 Å². The summed E-state index contributed by atoms with van der Waals surface area (Å²) in [6.45, 7) is 0.116. The predicted molar refractivity (Wildman–Crippen MR) is 114 cm³/mol. The van der Waals surface area contributed by atoms with Crippen molar-refractivity contribution in [2.24, 2.45) is 0 Å². The fourth-order valence-corrected chi connectivity index (χ4v) is 4.16. The molecule has 2 N–H and O–H groups in total. The zero-order valence-electron chi connectivity index (χ0n) is 16.0. The Balaban J connectivity index is 1.42. The molecule has 2 heterocycles. The van der Waals surface area contributed by atoms with Gasteiger partial charge in [0.1, 0.15) is 5.76 Å². The summed E-state index contributed by atoms with van der Waals surface area (Å²) < 4.78 is 43.1. The van der Waals surface area contributed by atoms with Gasteiger partial charge in [-0.3, -0.25) is 4.79 Å². The molecule has 0 saturated heterocycles. The minimum Gasteiger partial charge on any atom is -0.468 e. The molecular weight excluding hydrogens is 444 g/mol. The zero-order valence-corrected chi connectivity index (χ0v) is 17.6. The van der Waals surface area contributed by atoms with Crippen LogP contribution in [0.3, 0.4) is 0 Å². The van der Waals surface area contributed by atoms with Gasteiger partial charge < -0.3 is 19.2 Å². The molecule has 1 aromatic heterocycles. The highest BCUT2D eigenvalue weighted by Gasteiger charge is 2.18. The monoisotopic (exact) mass is 460 g/mol. The number of nitrogens with one attached hydrogen (secondary N) is 2. The first-order chi connectivity index (χ1) is 14.9. The van der Waals surface area contributed by atoms with E-state index in [1.807, 2.05) is 0 Å². The second-order valence-corrected chi connectivity index (χ2v) is 8.66. The summed E-state index contributed by atoms with van der Waals surface area (Å²) in [4.78, 5) is 12.3. The number of hydrogen-bond acceptors (Lipinski definition) is 6. The largest absolute Gasteiger partial charge is 0.468 e. The van der Waals surface area contributed by atoms with E-state index in [1.165, 1.54) is 24.5 Å². The lowest BCUT2D eigenvalue weighted by atomic mass is 10.2. The van der Waals surface area contributed by atoms with E-state index >= 15 is 0 Å². The summed E-state index contributed by atoms with van der Waals surface area (Å²) in [5, 5.41) is 3.02. The van der Waals surface area contributed by atoms with Crippen LogP contribution in [0.15, 0.2) is 70.2 Å². The molecule has 0 atom stereocenters. The SMILES string of the molecule is O=C(/C=C/c1cc(Cl)c2c(c1)OCO2)Nc1cccc(S(=O)(=O)NCc2ccco2)c1. The third-order valence-corrected chi connectivity index (χ3v) is 5.98. The van der Waals surface area contributed by atoms with Gasteiger partial charge in [0.05, 0.1) is 22.7 Å². The summed E-state index contributed by atoms with van der Waals surface area (Å²) in [5.74, 6) is 1.03. The van der Waals surface area contributed by atoms with Gasteiger partial charge in [-0.1, -0.05) is 17.7 Å². The Labute approximate surface area is 183 Å². The lowest BCUT2D eigenvalue weighted by Gasteiger charge is -2.08. The van der Waals surface area contributed by atoms with Gasteiger partial charge in [-0.15, -0.1) is 0 Å². The summed E-state index contributed by atoms with van der Waals surface area (Å²) >= 11 is 6.13. The molecule has 10 heteroatoms. The Morgan fingerprint density at radius 1 is 1.13 bits per heavy atom. The number of anilines is 1. The molecule has 0 fully saturated rings. The Morgan fingerprint density at radius 2 is 2.00 bits per heavy atom.